The van der Waals surface area contributed by atoms with Gasteiger partial charge in [-0.1, -0.05) is 0 Å². The van der Waals surface area contributed by atoms with Gasteiger partial charge in [-0.2, -0.15) is 0 Å². The van der Waals surface area contributed by atoms with Crippen LogP contribution in [0.3, 0.4) is 0 Å². The van der Waals surface area contributed by atoms with Gasteiger partial charge in [0.2, 0.25) is 0 Å². The molecule has 2 aromatic carbocycles. The summed E-state index contributed by atoms with van der Waals surface area (Å²) in [7, 11) is 0.509. The van der Waals surface area contributed by atoms with E-state index in [0.717, 1.165) is 11.4 Å². The third-order valence-corrected chi connectivity index (χ3v) is 6.48. The van der Waals surface area contributed by atoms with Crippen LogP contribution in [-0.2, 0) is 39.9 Å². The average Bonchev–Trinajstić information content (AvgIpc) is 2.53. The Hall–Kier alpha value is -1.70. The van der Waals surface area contributed by atoms with Gasteiger partial charge in [0.1, 0.15) is 0 Å². The van der Waals surface area contributed by atoms with Crippen molar-refractivity contribution in [1.29, 1.82) is 0 Å². The summed E-state index contributed by atoms with van der Waals surface area (Å²) in [6.07, 6.45) is 0. The Morgan fingerprint density at radius 3 is 1.25 bits per heavy atom. The van der Waals surface area contributed by atoms with Gasteiger partial charge in [-0.15, -0.1) is 0 Å². The summed E-state index contributed by atoms with van der Waals surface area (Å²) in [4.78, 5) is 3.84. The fraction of sp³-hybridized carbons (Fsp3) is 0.250. The van der Waals surface area contributed by atoms with E-state index < -0.39 is 17.5 Å². The minimum Gasteiger partial charge on any atom is -0.398 e. The molecule has 156 valence electrons. The Bertz CT molecular complexity index is 967. The first-order chi connectivity index (χ1) is 12.6. The van der Waals surface area contributed by atoms with E-state index in [-0.39, 0.29) is 21.2 Å². The second-order valence-corrected chi connectivity index (χ2v) is 11.7. The lowest BCUT2D eigenvalue weighted by atomic mass is 10.3. The molecular formula is C16H24N4O4S4. The molecule has 0 aromatic heterocycles. The average molecular weight is 465 g/mol. The van der Waals surface area contributed by atoms with Gasteiger partial charge < -0.3 is 30.4 Å². The maximum atomic E-state index is 11.3. The highest BCUT2D eigenvalue weighted by atomic mass is 32.8. The van der Waals surface area contributed by atoms with E-state index in [1.807, 2.05) is 38.0 Å². The van der Waals surface area contributed by atoms with Gasteiger partial charge in [-0.05, 0) is 36.4 Å². The van der Waals surface area contributed by atoms with Crippen LogP contribution in [0.5, 0.6) is 0 Å². The summed E-state index contributed by atoms with van der Waals surface area (Å²) in [5, 5.41) is 0. The predicted octanol–water partition coefficient (Wildman–Crippen LogP) is 1.83. The van der Waals surface area contributed by atoms with E-state index in [4.69, 9.17) is 11.5 Å². The summed E-state index contributed by atoms with van der Waals surface area (Å²) in [6, 6.07) is 9.74. The standard InChI is InChI=1S/2C8H12N2O2S2/c2*1-10(2)6-3-4-7(9)8(5-6)14(11,12)13/h2*3-5H,9H2,1-2H3,(H,11,12,13). The van der Waals surface area contributed by atoms with Crippen molar-refractivity contribution in [1.82, 2.24) is 0 Å². The zero-order valence-electron chi connectivity index (χ0n) is 15.9. The van der Waals surface area contributed by atoms with E-state index in [1.165, 1.54) is 12.1 Å². The van der Waals surface area contributed by atoms with Crippen LogP contribution in [0.1, 0.15) is 0 Å². The van der Waals surface area contributed by atoms with E-state index in [9.17, 15) is 17.5 Å². The number of nitrogen functional groups attached to an aromatic ring is 2. The van der Waals surface area contributed by atoms with E-state index in [1.54, 1.807) is 24.3 Å². The highest BCUT2D eigenvalue weighted by Crippen LogP contribution is 2.24. The molecule has 28 heavy (non-hydrogen) atoms. The SMILES string of the molecule is CN(C)c1ccc(N)c(S(=O)(O)=S)c1.CN(C)c1ccc(N)c(S(=O)(O)=S)c1. The molecule has 0 aliphatic rings. The number of nitrogens with two attached hydrogens (primary N) is 2. The molecule has 6 N–H and O–H groups in total. The third kappa shape index (κ3) is 6.72. The van der Waals surface area contributed by atoms with Gasteiger partial charge in [0.25, 0.3) is 0 Å². The molecule has 2 rings (SSSR count). The molecule has 2 aromatic rings. The second-order valence-electron chi connectivity index (χ2n) is 6.18. The summed E-state index contributed by atoms with van der Waals surface area (Å²) in [5.74, 6) is 0. The molecule has 2 unspecified atom stereocenters. The van der Waals surface area contributed by atoms with Crippen LogP contribution >= 0.6 is 0 Å². The molecule has 0 saturated heterocycles. The Balaban J connectivity index is 0.000000280. The fourth-order valence-electron chi connectivity index (χ4n) is 2.05. The van der Waals surface area contributed by atoms with Gasteiger partial charge in [-0.25, -0.2) is 8.42 Å². The topological polar surface area (TPSA) is 133 Å². The highest BCUT2D eigenvalue weighted by molar-refractivity contribution is 8.30. The van der Waals surface area contributed by atoms with Crippen LogP contribution in [0, 0.1) is 0 Å². The number of rotatable bonds is 4. The van der Waals surface area contributed by atoms with Crippen LogP contribution < -0.4 is 21.3 Å². The molecule has 2 atom stereocenters. The van der Waals surface area contributed by atoms with Crippen LogP contribution in [0.25, 0.3) is 0 Å². The van der Waals surface area contributed by atoms with Crippen LogP contribution in [0.15, 0.2) is 46.2 Å². The Morgan fingerprint density at radius 2 is 1.04 bits per heavy atom. The minimum atomic E-state index is -3.41. The summed E-state index contributed by atoms with van der Waals surface area (Å²) < 4.78 is 41.0. The smallest absolute Gasteiger partial charge is 0.173 e. The third-order valence-electron chi connectivity index (χ3n) is 3.58. The van der Waals surface area contributed by atoms with Crippen molar-refractivity contribution in [3.8, 4) is 0 Å². The van der Waals surface area contributed by atoms with Crippen LogP contribution in [-0.4, -0.2) is 45.7 Å². The molecule has 0 saturated carbocycles. The van der Waals surface area contributed by atoms with Gasteiger partial charge in [-0.3, -0.25) is 0 Å². The van der Waals surface area contributed by atoms with Crippen molar-refractivity contribution in [3.05, 3.63) is 36.4 Å². The van der Waals surface area contributed by atoms with Crippen molar-refractivity contribution in [2.24, 2.45) is 0 Å². The Morgan fingerprint density at radius 1 is 0.750 bits per heavy atom. The zero-order valence-corrected chi connectivity index (χ0v) is 19.1. The molecule has 0 amide bonds. The molecule has 0 radical (unpaired) electrons. The molecule has 0 aliphatic heterocycles. The number of nitrogens with zero attached hydrogens (tertiary/aromatic N) is 2. The minimum absolute atomic E-state index is 0.110. The van der Waals surface area contributed by atoms with Crippen molar-refractivity contribution >= 4 is 62.7 Å². The van der Waals surface area contributed by atoms with E-state index >= 15 is 0 Å². The highest BCUT2D eigenvalue weighted by Gasteiger charge is 2.12. The van der Waals surface area contributed by atoms with Gasteiger partial charge in [0, 0.05) is 61.9 Å². The first-order valence-corrected chi connectivity index (χ1v) is 12.6. The maximum absolute atomic E-state index is 11.3. The van der Waals surface area contributed by atoms with Crippen molar-refractivity contribution in [2.45, 2.75) is 9.79 Å². The van der Waals surface area contributed by atoms with Crippen molar-refractivity contribution < 1.29 is 17.5 Å². The first kappa shape index (κ1) is 24.3. The van der Waals surface area contributed by atoms with E-state index in [0.29, 0.717) is 0 Å². The number of hydrogen-bond donors (Lipinski definition) is 4. The predicted molar refractivity (Wildman–Crippen MR) is 123 cm³/mol. The van der Waals surface area contributed by atoms with Crippen molar-refractivity contribution in [2.75, 3.05) is 49.5 Å². The van der Waals surface area contributed by atoms with Gasteiger partial charge in [0.05, 0.1) is 21.2 Å². The Labute approximate surface area is 175 Å². The quantitative estimate of drug-likeness (QED) is 0.497. The number of benzene rings is 2. The molecule has 8 nitrogen and oxygen atoms in total. The van der Waals surface area contributed by atoms with E-state index in [2.05, 4.69) is 22.4 Å². The number of anilines is 4. The van der Waals surface area contributed by atoms with Crippen molar-refractivity contribution in [3.63, 3.8) is 0 Å². The second kappa shape index (κ2) is 9.20. The first-order valence-electron chi connectivity index (χ1n) is 7.73. The molecule has 0 aliphatic carbocycles. The van der Waals surface area contributed by atoms with Crippen LogP contribution in [0.4, 0.5) is 22.7 Å². The lowest BCUT2D eigenvalue weighted by Crippen LogP contribution is -2.10. The monoisotopic (exact) mass is 464 g/mol. The zero-order chi connectivity index (χ0) is 21.9. The maximum Gasteiger partial charge on any atom is 0.173 e. The van der Waals surface area contributed by atoms with Gasteiger partial charge >= 0.3 is 0 Å². The fourth-order valence-corrected chi connectivity index (χ4v) is 4.19. The Kier molecular flexibility index (Phi) is 8.00. The van der Waals surface area contributed by atoms with Crippen LogP contribution in [0.2, 0.25) is 0 Å². The summed E-state index contributed by atoms with van der Waals surface area (Å²) in [6.45, 7) is 0. The largest absolute Gasteiger partial charge is 0.398 e. The lowest BCUT2D eigenvalue weighted by Gasteiger charge is -2.14. The molecule has 0 heterocycles. The number of hydrogen-bond acceptors (Lipinski definition) is 8. The molecular weight excluding hydrogens is 440 g/mol. The lowest BCUT2D eigenvalue weighted by molar-refractivity contribution is 0.560. The summed E-state index contributed by atoms with van der Waals surface area (Å²) in [5.41, 5.74) is 13.2. The normalized spacial score (nSPS) is 14.8. The molecule has 0 fully saturated rings. The molecule has 12 heteroatoms. The molecule has 0 bridgehead atoms. The summed E-state index contributed by atoms with van der Waals surface area (Å²) >= 11 is 8.94. The molecule has 0 spiro atoms. The van der Waals surface area contributed by atoms with Gasteiger partial charge in [0.15, 0.2) is 17.5 Å².